The molecule has 5 heteroatoms. The van der Waals surface area contributed by atoms with Crippen LogP contribution >= 0.6 is 0 Å². The second kappa shape index (κ2) is 6.35. The fourth-order valence-electron chi connectivity index (χ4n) is 2.37. The summed E-state index contributed by atoms with van der Waals surface area (Å²) in [7, 11) is 0. The minimum absolute atomic E-state index is 0.0260. The van der Waals surface area contributed by atoms with E-state index in [0.717, 1.165) is 12.8 Å². The third-order valence-electron chi connectivity index (χ3n) is 3.29. The van der Waals surface area contributed by atoms with Gasteiger partial charge >= 0.3 is 6.09 Å². The van der Waals surface area contributed by atoms with Gasteiger partial charge in [0.25, 0.3) is 0 Å². The van der Waals surface area contributed by atoms with Crippen LogP contribution in [-0.2, 0) is 9.47 Å². The first-order valence-electron chi connectivity index (χ1n) is 7.26. The van der Waals surface area contributed by atoms with Crippen molar-refractivity contribution in [3.63, 3.8) is 0 Å². The quantitative estimate of drug-likeness (QED) is 0.908. The molecule has 1 N–H and O–H groups in total. The summed E-state index contributed by atoms with van der Waals surface area (Å²) in [4.78, 5) is 14.1. The molecule has 1 amide bonds. The molecule has 0 radical (unpaired) electrons. The van der Waals surface area contributed by atoms with Crippen LogP contribution in [0.3, 0.4) is 0 Å². The van der Waals surface area contributed by atoms with E-state index in [-0.39, 0.29) is 11.8 Å². The second-order valence-corrected chi connectivity index (χ2v) is 6.18. The van der Waals surface area contributed by atoms with Gasteiger partial charge in [0, 0.05) is 19.3 Å². The van der Waals surface area contributed by atoms with Gasteiger partial charge in [-0.1, -0.05) is 12.1 Å². The summed E-state index contributed by atoms with van der Waals surface area (Å²) in [6, 6.07) is 6.81. The van der Waals surface area contributed by atoms with E-state index in [4.69, 9.17) is 9.47 Å². The van der Waals surface area contributed by atoms with Crippen molar-refractivity contribution in [3.8, 4) is 5.75 Å². The molecular formula is C16H23NO4. The van der Waals surface area contributed by atoms with Crippen LogP contribution < -0.4 is 4.90 Å². The summed E-state index contributed by atoms with van der Waals surface area (Å²) in [5, 5.41) is 10.1. The Labute approximate surface area is 125 Å². The molecule has 1 heterocycles. The van der Waals surface area contributed by atoms with Crippen molar-refractivity contribution in [2.45, 2.75) is 45.3 Å². The number of aromatic hydroxyl groups is 1. The highest BCUT2D eigenvalue weighted by Crippen LogP contribution is 2.32. The molecule has 1 aromatic carbocycles. The third kappa shape index (κ3) is 4.11. The number of phenols is 1. The number of amides is 1. The molecule has 0 aromatic heterocycles. The Kier molecular flexibility index (Phi) is 4.73. The number of anilines is 1. The summed E-state index contributed by atoms with van der Waals surface area (Å²) in [6.07, 6.45) is 1.03. The number of hydrogen-bond acceptors (Lipinski definition) is 4. The number of carbonyl (C=O) groups is 1. The van der Waals surface area contributed by atoms with Gasteiger partial charge in [-0.2, -0.15) is 0 Å². The fourth-order valence-corrected chi connectivity index (χ4v) is 2.37. The SMILES string of the molecule is CC(C)(C)OC(=O)N(c1ccccc1O)C1CCOCC1. The number of phenolic OH excluding ortho intramolecular Hbond substituents is 1. The van der Waals surface area contributed by atoms with Gasteiger partial charge in [0.1, 0.15) is 11.4 Å². The van der Waals surface area contributed by atoms with E-state index in [2.05, 4.69) is 0 Å². The van der Waals surface area contributed by atoms with Gasteiger partial charge in [0.2, 0.25) is 0 Å². The van der Waals surface area contributed by atoms with E-state index in [1.165, 1.54) is 0 Å². The Balaban J connectivity index is 2.30. The van der Waals surface area contributed by atoms with E-state index < -0.39 is 11.7 Å². The van der Waals surface area contributed by atoms with Crippen molar-refractivity contribution >= 4 is 11.8 Å². The summed E-state index contributed by atoms with van der Waals surface area (Å²) < 4.78 is 10.9. The lowest BCUT2D eigenvalue weighted by molar-refractivity contribution is 0.0485. The molecule has 1 fully saturated rings. The average molecular weight is 293 g/mol. The van der Waals surface area contributed by atoms with Gasteiger partial charge in [-0.3, -0.25) is 4.90 Å². The smallest absolute Gasteiger partial charge is 0.415 e. The van der Waals surface area contributed by atoms with Crippen LogP contribution in [0.15, 0.2) is 24.3 Å². The molecule has 21 heavy (non-hydrogen) atoms. The molecule has 0 saturated carbocycles. The normalized spacial score (nSPS) is 16.5. The Morgan fingerprint density at radius 1 is 1.29 bits per heavy atom. The van der Waals surface area contributed by atoms with E-state index in [0.29, 0.717) is 18.9 Å². The largest absolute Gasteiger partial charge is 0.506 e. The molecule has 0 unspecified atom stereocenters. The van der Waals surface area contributed by atoms with Crippen molar-refractivity contribution in [2.75, 3.05) is 18.1 Å². The van der Waals surface area contributed by atoms with Crippen molar-refractivity contribution in [1.82, 2.24) is 0 Å². The number of ether oxygens (including phenoxy) is 2. The molecule has 116 valence electrons. The van der Waals surface area contributed by atoms with Crippen LogP contribution in [0.25, 0.3) is 0 Å². The summed E-state index contributed by atoms with van der Waals surface area (Å²) in [6.45, 7) is 6.71. The zero-order valence-electron chi connectivity index (χ0n) is 12.8. The van der Waals surface area contributed by atoms with Gasteiger partial charge in [-0.05, 0) is 45.7 Å². The molecular weight excluding hydrogens is 270 g/mol. The van der Waals surface area contributed by atoms with Gasteiger partial charge in [-0.15, -0.1) is 0 Å². The molecule has 1 aliphatic heterocycles. The predicted molar refractivity (Wildman–Crippen MR) is 80.7 cm³/mol. The molecule has 1 aliphatic rings. The number of nitrogens with zero attached hydrogens (tertiary/aromatic N) is 1. The molecule has 0 atom stereocenters. The first-order chi connectivity index (χ1) is 9.88. The minimum atomic E-state index is -0.578. The van der Waals surface area contributed by atoms with Crippen molar-refractivity contribution in [3.05, 3.63) is 24.3 Å². The fraction of sp³-hybridized carbons (Fsp3) is 0.562. The van der Waals surface area contributed by atoms with Gasteiger partial charge < -0.3 is 14.6 Å². The van der Waals surface area contributed by atoms with Crippen LogP contribution in [0, 0.1) is 0 Å². The number of rotatable bonds is 2. The van der Waals surface area contributed by atoms with E-state index in [1.807, 2.05) is 20.8 Å². The average Bonchev–Trinajstić information content (AvgIpc) is 2.40. The Morgan fingerprint density at radius 3 is 2.48 bits per heavy atom. The first-order valence-corrected chi connectivity index (χ1v) is 7.26. The maximum atomic E-state index is 12.6. The molecule has 2 rings (SSSR count). The molecule has 0 bridgehead atoms. The monoisotopic (exact) mass is 293 g/mol. The first kappa shape index (κ1) is 15.6. The molecule has 0 aliphatic carbocycles. The number of carbonyl (C=O) groups excluding carboxylic acids is 1. The van der Waals surface area contributed by atoms with Crippen molar-refractivity contribution < 1.29 is 19.4 Å². The van der Waals surface area contributed by atoms with Crippen LogP contribution in [0.4, 0.5) is 10.5 Å². The lowest BCUT2D eigenvalue weighted by Crippen LogP contribution is -2.46. The predicted octanol–water partition coefficient (Wildman–Crippen LogP) is 3.31. The van der Waals surface area contributed by atoms with Gasteiger partial charge in [-0.25, -0.2) is 4.79 Å². The third-order valence-corrected chi connectivity index (χ3v) is 3.29. The number of benzene rings is 1. The van der Waals surface area contributed by atoms with Crippen LogP contribution in [0.2, 0.25) is 0 Å². The Bertz CT molecular complexity index is 489. The van der Waals surface area contributed by atoms with E-state index >= 15 is 0 Å². The molecule has 5 nitrogen and oxygen atoms in total. The standard InChI is InChI=1S/C16H23NO4/c1-16(2,3)21-15(19)17(12-8-10-20-11-9-12)13-6-4-5-7-14(13)18/h4-7,12,18H,8-11H2,1-3H3. The zero-order valence-corrected chi connectivity index (χ0v) is 12.8. The highest BCUT2D eigenvalue weighted by atomic mass is 16.6. The van der Waals surface area contributed by atoms with Crippen LogP contribution in [0.5, 0.6) is 5.75 Å². The molecule has 1 aromatic rings. The maximum absolute atomic E-state index is 12.6. The second-order valence-electron chi connectivity index (χ2n) is 6.18. The number of para-hydroxylation sites is 2. The Hall–Kier alpha value is -1.75. The topological polar surface area (TPSA) is 59.0 Å². The van der Waals surface area contributed by atoms with Gasteiger partial charge in [0.05, 0.1) is 5.69 Å². The van der Waals surface area contributed by atoms with E-state index in [1.54, 1.807) is 29.2 Å². The van der Waals surface area contributed by atoms with Crippen LogP contribution in [0.1, 0.15) is 33.6 Å². The zero-order chi connectivity index (χ0) is 15.5. The Morgan fingerprint density at radius 2 is 1.90 bits per heavy atom. The summed E-state index contributed by atoms with van der Waals surface area (Å²) in [5.41, 5.74) is -0.0936. The lowest BCUT2D eigenvalue weighted by atomic mass is 10.1. The highest BCUT2D eigenvalue weighted by Gasteiger charge is 2.32. The summed E-state index contributed by atoms with van der Waals surface area (Å²) in [5.74, 6) is 0.0786. The maximum Gasteiger partial charge on any atom is 0.415 e. The highest BCUT2D eigenvalue weighted by molar-refractivity contribution is 5.90. The summed E-state index contributed by atoms with van der Waals surface area (Å²) >= 11 is 0. The molecule has 0 spiro atoms. The van der Waals surface area contributed by atoms with Crippen molar-refractivity contribution in [1.29, 1.82) is 0 Å². The van der Waals surface area contributed by atoms with Crippen LogP contribution in [-0.4, -0.2) is 36.1 Å². The van der Waals surface area contributed by atoms with Gasteiger partial charge in [0.15, 0.2) is 0 Å². The number of hydrogen-bond donors (Lipinski definition) is 1. The van der Waals surface area contributed by atoms with Crippen molar-refractivity contribution in [2.24, 2.45) is 0 Å². The lowest BCUT2D eigenvalue weighted by Gasteiger charge is -2.35. The van der Waals surface area contributed by atoms with E-state index in [9.17, 15) is 9.90 Å². The molecule has 1 saturated heterocycles. The minimum Gasteiger partial charge on any atom is -0.506 e.